The van der Waals surface area contributed by atoms with Gasteiger partial charge in [-0.3, -0.25) is 4.79 Å². The Labute approximate surface area is 121 Å². The summed E-state index contributed by atoms with van der Waals surface area (Å²) in [6.45, 7) is 7.20. The Hall–Kier alpha value is -1.36. The predicted molar refractivity (Wildman–Crippen MR) is 77.2 cm³/mol. The molecule has 0 aliphatic heterocycles. The molecule has 19 heavy (non-hydrogen) atoms. The van der Waals surface area contributed by atoms with Crippen LogP contribution in [0.4, 0.5) is 0 Å². The van der Waals surface area contributed by atoms with E-state index < -0.39 is 23.3 Å². The minimum Gasteiger partial charge on any atom is -0.480 e. The van der Waals surface area contributed by atoms with Gasteiger partial charge in [0.25, 0.3) is 5.91 Å². The minimum atomic E-state index is -1.04. The van der Waals surface area contributed by atoms with E-state index in [1.54, 1.807) is 32.9 Å². The van der Waals surface area contributed by atoms with Gasteiger partial charge >= 0.3 is 5.97 Å². The molecule has 0 aliphatic carbocycles. The third-order valence-electron chi connectivity index (χ3n) is 2.82. The smallest absolute Gasteiger partial charge is 0.326 e. The van der Waals surface area contributed by atoms with E-state index in [0.29, 0.717) is 10.0 Å². The maximum Gasteiger partial charge on any atom is 0.326 e. The molecule has 0 bridgehead atoms. The molecule has 0 unspecified atom stereocenters. The second kappa shape index (κ2) is 5.74. The number of rotatable bonds is 3. The number of aliphatic carboxylic acids is 1. The summed E-state index contributed by atoms with van der Waals surface area (Å²) in [5, 5.41) is 11.8. The summed E-state index contributed by atoms with van der Waals surface area (Å²) < 4.78 is 0.686. The van der Waals surface area contributed by atoms with Crippen molar-refractivity contribution in [3.8, 4) is 0 Å². The highest BCUT2D eigenvalue weighted by Gasteiger charge is 2.33. The molecule has 0 spiro atoms. The first-order valence-corrected chi connectivity index (χ1v) is 6.72. The largest absolute Gasteiger partial charge is 0.480 e. The first-order chi connectivity index (χ1) is 8.64. The maximum atomic E-state index is 12.2. The highest BCUT2D eigenvalue weighted by molar-refractivity contribution is 9.10. The number of halogens is 1. The van der Waals surface area contributed by atoms with E-state index in [2.05, 4.69) is 21.2 Å². The molecule has 1 rings (SSSR count). The Bertz CT molecular complexity index is 506. The second-order valence-electron chi connectivity index (χ2n) is 5.55. The molecule has 104 valence electrons. The minimum absolute atomic E-state index is 0.391. The van der Waals surface area contributed by atoms with Crippen molar-refractivity contribution in [3.63, 3.8) is 0 Å². The Morgan fingerprint density at radius 3 is 2.37 bits per heavy atom. The molecule has 0 radical (unpaired) electrons. The normalized spacial score (nSPS) is 12.9. The lowest BCUT2D eigenvalue weighted by atomic mass is 9.86. The number of carboxylic acid groups (broad SMARTS) is 1. The quantitative estimate of drug-likeness (QED) is 0.896. The molecule has 1 aromatic carbocycles. The van der Waals surface area contributed by atoms with E-state index >= 15 is 0 Å². The molecule has 2 N–H and O–H groups in total. The Kier molecular flexibility index (Phi) is 4.74. The average Bonchev–Trinajstić information content (AvgIpc) is 2.27. The van der Waals surface area contributed by atoms with Gasteiger partial charge in [-0.2, -0.15) is 0 Å². The molecule has 0 aromatic heterocycles. The molecule has 0 saturated carbocycles. The highest BCUT2D eigenvalue weighted by atomic mass is 79.9. The molecule has 1 atom stereocenters. The van der Waals surface area contributed by atoms with E-state index in [-0.39, 0.29) is 0 Å². The van der Waals surface area contributed by atoms with E-state index in [9.17, 15) is 14.7 Å². The van der Waals surface area contributed by atoms with Crippen molar-refractivity contribution in [2.45, 2.75) is 33.7 Å². The van der Waals surface area contributed by atoms with Crippen LogP contribution in [-0.4, -0.2) is 23.0 Å². The Balaban J connectivity index is 3.02. The number of benzene rings is 1. The van der Waals surface area contributed by atoms with Gasteiger partial charge in [0.15, 0.2) is 0 Å². The number of carbonyl (C=O) groups is 2. The summed E-state index contributed by atoms with van der Waals surface area (Å²) in [7, 11) is 0. The van der Waals surface area contributed by atoms with Gasteiger partial charge < -0.3 is 10.4 Å². The molecule has 0 aliphatic rings. The first-order valence-electron chi connectivity index (χ1n) is 5.93. The van der Waals surface area contributed by atoms with Crippen molar-refractivity contribution < 1.29 is 14.7 Å². The molecule has 4 nitrogen and oxygen atoms in total. The average molecular weight is 328 g/mol. The molecular weight excluding hydrogens is 310 g/mol. The molecule has 5 heteroatoms. The van der Waals surface area contributed by atoms with Crippen LogP contribution in [0.2, 0.25) is 0 Å². The lowest BCUT2D eigenvalue weighted by Gasteiger charge is -2.28. The van der Waals surface area contributed by atoms with Crippen LogP contribution in [0.25, 0.3) is 0 Å². The summed E-state index contributed by atoms with van der Waals surface area (Å²) >= 11 is 3.35. The standard InChI is InChI=1S/C14H18BrNO3/c1-8-6-5-7-9(10(8)15)12(17)16-11(13(18)19)14(2,3)4/h5-7,11H,1-4H3,(H,16,17)(H,18,19)/t11-/m0/s1. The SMILES string of the molecule is Cc1cccc(C(=O)N[C@@H](C(=O)O)C(C)(C)C)c1Br. The Morgan fingerprint density at radius 1 is 1.32 bits per heavy atom. The number of nitrogens with one attached hydrogen (secondary N) is 1. The fourth-order valence-corrected chi connectivity index (χ4v) is 2.12. The number of aryl methyl sites for hydroxylation is 1. The van der Waals surface area contributed by atoms with Gasteiger partial charge in [0.2, 0.25) is 0 Å². The third kappa shape index (κ3) is 3.80. The van der Waals surface area contributed by atoms with Crippen molar-refractivity contribution >= 4 is 27.8 Å². The van der Waals surface area contributed by atoms with E-state index in [1.165, 1.54) is 0 Å². The maximum absolute atomic E-state index is 12.2. The van der Waals surface area contributed by atoms with E-state index in [0.717, 1.165) is 5.56 Å². The molecule has 1 aromatic rings. The van der Waals surface area contributed by atoms with Crippen LogP contribution in [0.15, 0.2) is 22.7 Å². The van der Waals surface area contributed by atoms with Crippen molar-refractivity contribution in [1.82, 2.24) is 5.32 Å². The molecule has 0 heterocycles. The first kappa shape index (κ1) is 15.7. The second-order valence-corrected chi connectivity index (χ2v) is 6.34. The van der Waals surface area contributed by atoms with Crippen LogP contribution in [0.1, 0.15) is 36.7 Å². The van der Waals surface area contributed by atoms with Crippen LogP contribution in [0.3, 0.4) is 0 Å². The summed E-state index contributed by atoms with van der Waals surface area (Å²) in [6, 6.07) is 4.36. The van der Waals surface area contributed by atoms with Crippen LogP contribution >= 0.6 is 15.9 Å². The molecule has 0 fully saturated rings. The molecule has 1 amide bonds. The number of carbonyl (C=O) groups excluding carboxylic acids is 1. The highest BCUT2D eigenvalue weighted by Crippen LogP contribution is 2.23. The molecule has 0 saturated heterocycles. The van der Waals surface area contributed by atoms with Crippen molar-refractivity contribution in [2.75, 3.05) is 0 Å². The van der Waals surface area contributed by atoms with E-state index in [1.807, 2.05) is 13.0 Å². The summed E-state index contributed by atoms with van der Waals surface area (Å²) in [5.41, 5.74) is 0.809. The topological polar surface area (TPSA) is 66.4 Å². The number of carboxylic acids is 1. The van der Waals surface area contributed by atoms with Crippen molar-refractivity contribution in [3.05, 3.63) is 33.8 Å². The zero-order valence-electron chi connectivity index (χ0n) is 11.5. The predicted octanol–water partition coefficient (Wildman–Crippen LogP) is 2.99. The zero-order chi connectivity index (χ0) is 14.8. The van der Waals surface area contributed by atoms with Gasteiger partial charge in [0.05, 0.1) is 5.56 Å². The fourth-order valence-electron chi connectivity index (χ4n) is 1.68. The number of hydrogen-bond acceptors (Lipinski definition) is 2. The summed E-state index contributed by atoms with van der Waals surface area (Å²) in [5.74, 6) is -1.43. The van der Waals surface area contributed by atoms with Gasteiger partial charge in [-0.25, -0.2) is 4.79 Å². The zero-order valence-corrected chi connectivity index (χ0v) is 13.0. The van der Waals surface area contributed by atoms with Gasteiger partial charge in [0, 0.05) is 4.47 Å². The fraction of sp³-hybridized carbons (Fsp3) is 0.429. The van der Waals surface area contributed by atoms with E-state index in [4.69, 9.17) is 0 Å². The summed E-state index contributed by atoms with van der Waals surface area (Å²) in [6.07, 6.45) is 0. The van der Waals surface area contributed by atoms with Gasteiger partial charge in [-0.1, -0.05) is 32.9 Å². The monoisotopic (exact) mass is 327 g/mol. The van der Waals surface area contributed by atoms with Crippen molar-refractivity contribution in [2.24, 2.45) is 5.41 Å². The van der Waals surface area contributed by atoms with Gasteiger partial charge in [-0.15, -0.1) is 0 Å². The van der Waals surface area contributed by atoms with Crippen molar-refractivity contribution in [1.29, 1.82) is 0 Å². The lowest BCUT2D eigenvalue weighted by molar-refractivity contribution is -0.142. The van der Waals surface area contributed by atoms with Gasteiger partial charge in [0.1, 0.15) is 6.04 Å². The van der Waals surface area contributed by atoms with Crippen LogP contribution < -0.4 is 5.32 Å². The Morgan fingerprint density at radius 2 is 1.89 bits per heavy atom. The molecular formula is C14H18BrNO3. The summed E-state index contributed by atoms with van der Waals surface area (Å²) in [4.78, 5) is 23.4. The van der Waals surface area contributed by atoms with Gasteiger partial charge in [-0.05, 0) is 39.9 Å². The lowest BCUT2D eigenvalue weighted by Crippen LogP contribution is -2.49. The van der Waals surface area contributed by atoms with Crippen LogP contribution in [0, 0.1) is 12.3 Å². The van der Waals surface area contributed by atoms with Crippen LogP contribution in [0.5, 0.6) is 0 Å². The van der Waals surface area contributed by atoms with Crippen LogP contribution in [-0.2, 0) is 4.79 Å². The number of hydrogen-bond donors (Lipinski definition) is 2. The number of amides is 1. The third-order valence-corrected chi connectivity index (χ3v) is 3.88.